The van der Waals surface area contributed by atoms with E-state index in [2.05, 4.69) is 37.9 Å². The van der Waals surface area contributed by atoms with Gasteiger partial charge >= 0.3 is 5.97 Å². The summed E-state index contributed by atoms with van der Waals surface area (Å²) in [6.07, 6.45) is 1.84. The zero-order chi connectivity index (χ0) is 27.4. The lowest BCUT2D eigenvalue weighted by molar-refractivity contribution is -0.0925. The Balaban J connectivity index is 1.77. The average Bonchev–Trinajstić information content (AvgIpc) is 3.39. The smallest absolute Gasteiger partial charge is 0.348 e. The Morgan fingerprint density at radius 3 is 2.32 bits per heavy atom. The largest absolute Gasteiger partial charge is 0.459 e. The molecule has 0 aliphatic rings. The molecule has 0 fully saturated rings. The molecular formula is C28H43NO7S. The molecule has 0 spiro atoms. The van der Waals surface area contributed by atoms with Crippen molar-refractivity contribution in [2.24, 2.45) is 0 Å². The summed E-state index contributed by atoms with van der Waals surface area (Å²) in [5, 5.41) is 48.0. The Morgan fingerprint density at radius 2 is 1.68 bits per heavy atom. The summed E-state index contributed by atoms with van der Waals surface area (Å²) in [4.78, 5) is 15.9. The number of hydrogen-bond acceptors (Lipinski definition) is 9. The van der Waals surface area contributed by atoms with Crippen LogP contribution in [-0.4, -0.2) is 76.1 Å². The standard InChI is InChI=1S/C28H43NO7S/c1-4-5-6-10-23(31)20-11-13-21(14-12-20)29(3)19(2)8-7-9-22-15-16-26(37-22)28(35)36-18-25(33)27(34)24(32)17-30/h11-16,19,23-25,27,30-34H,4-10,17-18H2,1-3H3/t19-,23+,24-,25-,27-/m1/s1. The Morgan fingerprint density at radius 1 is 0.973 bits per heavy atom. The third-order valence-corrected chi connectivity index (χ3v) is 7.82. The predicted molar refractivity (Wildman–Crippen MR) is 146 cm³/mol. The number of aryl methyl sites for hydroxylation is 1. The van der Waals surface area contributed by atoms with Crippen molar-refractivity contribution in [3.05, 3.63) is 51.7 Å². The molecule has 37 heavy (non-hydrogen) atoms. The molecule has 0 aliphatic heterocycles. The van der Waals surface area contributed by atoms with E-state index in [0.29, 0.717) is 10.9 Å². The van der Waals surface area contributed by atoms with Crippen molar-refractivity contribution >= 4 is 23.0 Å². The van der Waals surface area contributed by atoms with E-state index in [1.54, 1.807) is 6.07 Å². The first-order valence-electron chi connectivity index (χ1n) is 13.1. The molecule has 2 rings (SSSR count). The van der Waals surface area contributed by atoms with Crippen molar-refractivity contribution in [1.82, 2.24) is 0 Å². The van der Waals surface area contributed by atoms with Crippen LogP contribution in [0, 0.1) is 0 Å². The second-order valence-electron chi connectivity index (χ2n) is 9.63. The molecule has 208 valence electrons. The SMILES string of the molecule is CCCCC[C@H](O)c1ccc(N(C)[C@H](C)CCCc2ccc(C(=O)OC[C@@H](O)[C@H](O)[C@H](O)CO)s2)cc1. The second kappa shape index (κ2) is 16.1. The van der Waals surface area contributed by atoms with Gasteiger partial charge in [0.05, 0.1) is 12.7 Å². The molecule has 5 N–H and O–H groups in total. The molecule has 9 heteroatoms. The van der Waals surface area contributed by atoms with Crippen LogP contribution in [0.1, 0.15) is 78.6 Å². The number of anilines is 1. The molecule has 0 saturated carbocycles. The number of carbonyl (C=O) groups is 1. The molecule has 1 aromatic carbocycles. The van der Waals surface area contributed by atoms with Gasteiger partial charge in [0, 0.05) is 23.7 Å². The highest BCUT2D eigenvalue weighted by molar-refractivity contribution is 7.13. The van der Waals surface area contributed by atoms with Gasteiger partial charge in [-0.1, -0.05) is 38.3 Å². The highest BCUT2D eigenvalue weighted by atomic mass is 32.1. The Bertz CT molecular complexity index is 920. The number of nitrogens with zero attached hydrogens (tertiary/aromatic N) is 1. The number of unbranched alkanes of at least 4 members (excludes halogenated alkanes) is 2. The number of aliphatic hydroxyl groups is 5. The Kier molecular flexibility index (Phi) is 13.5. The third-order valence-electron chi connectivity index (χ3n) is 6.70. The molecule has 2 aromatic rings. The first-order chi connectivity index (χ1) is 17.7. The Labute approximate surface area is 224 Å². The van der Waals surface area contributed by atoms with Gasteiger partial charge in [0.15, 0.2) is 0 Å². The van der Waals surface area contributed by atoms with E-state index >= 15 is 0 Å². The van der Waals surface area contributed by atoms with E-state index in [9.17, 15) is 25.2 Å². The maximum Gasteiger partial charge on any atom is 0.348 e. The molecule has 0 radical (unpaired) electrons. The van der Waals surface area contributed by atoms with Crippen LogP contribution in [0.2, 0.25) is 0 Å². The van der Waals surface area contributed by atoms with Crippen LogP contribution in [0.5, 0.6) is 0 Å². The first-order valence-corrected chi connectivity index (χ1v) is 13.9. The van der Waals surface area contributed by atoms with E-state index in [1.165, 1.54) is 11.3 Å². The van der Waals surface area contributed by atoms with Gasteiger partial charge in [-0.15, -0.1) is 11.3 Å². The molecule has 0 bridgehead atoms. The molecule has 0 unspecified atom stereocenters. The van der Waals surface area contributed by atoms with Crippen LogP contribution < -0.4 is 4.90 Å². The molecule has 5 atom stereocenters. The maximum atomic E-state index is 12.2. The number of benzene rings is 1. The lowest BCUT2D eigenvalue weighted by atomic mass is 10.0. The van der Waals surface area contributed by atoms with Crippen molar-refractivity contribution in [2.75, 3.05) is 25.2 Å². The fourth-order valence-electron chi connectivity index (χ4n) is 4.02. The van der Waals surface area contributed by atoms with Crippen LogP contribution in [0.3, 0.4) is 0 Å². The maximum absolute atomic E-state index is 12.2. The van der Waals surface area contributed by atoms with E-state index in [4.69, 9.17) is 9.84 Å². The summed E-state index contributed by atoms with van der Waals surface area (Å²) in [6.45, 7) is 3.15. The highest BCUT2D eigenvalue weighted by Crippen LogP contribution is 2.25. The van der Waals surface area contributed by atoms with Crippen molar-refractivity contribution in [3.8, 4) is 0 Å². The minimum atomic E-state index is -1.60. The van der Waals surface area contributed by atoms with Gasteiger partial charge < -0.3 is 35.2 Å². The van der Waals surface area contributed by atoms with Crippen LogP contribution >= 0.6 is 11.3 Å². The summed E-state index contributed by atoms with van der Waals surface area (Å²) in [5.41, 5.74) is 2.07. The molecule has 1 heterocycles. The van der Waals surface area contributed by atoms with E-state index in [1.807, 2.05) is 18.2 Å². The van der Waals surface area contributed by atoms with Crippen LogP contribution in [0.15, 0.2) is 36.4 Å². The Hall–Kier alpha value is -2.01. The van der Waals surface area contributed by atoms with Crippen molar-refractivity contribution in [2.45, 2.75) is 89.3 Å². The number of carbonyl (C=O) groups excluding carboxylic acids is 1. The van der Waals surface area contributed by atoms with Gasteiger partial charge in [0.25, 0.3) is 0 Å². The topological polar surface area (TPSA) is 131 Å². The van der Waals surface area contributed by atoms with E-state index in [-0.39, 0.29) is 0 Å². The number of esters is 1. The fourth-order valence-corrected chi connectivity index (χ4v) is 4.97. The van der Waals surface area contributed by atoms with Gasteiger partial charge in [0.2, 0.25) is 0 Å². The molecule has 8 nitrogen and oxygen atoms in total. The number of thiophene rings is 1. The zero-order valence-electron chi connectivity index (χ0n) is 22.1. The summed E-state index contributed by atoms with van der Waals surface area (Å²) >= 11 is 1.33. The summed E-state index contributed by atoms with van der Waals surface area (Å²) in [7, 11) is 2.07. The quantitative estimate of drug-likeness (QED) is 0.153. The molecular weight excluding hydrogens is 494 g/mol. The minimum Gasteiger partial charge on any atom is -0.459 e. The predicted octanol–water partition coefficient (Wildman–Crippen LogP) is 3.44. The van der Waals surface area contributed by atoms with Gasteiger partial charge in [-0.25, -0.2) is 4.79 Å². The van der Waals surface area contributed by atoms with Gasteiger partial charge in [-0.2, -0.15) is 0 Å². The lowest BCUT2D eigenvalue weighted by Crippen LogP contribution is -2.42. The van der Waals surface area contributed by atoms with Crippen LogP contribution in [-0.2, 0) is 11.2 Å². The monoisotopic (exact) mass is 537 g/mol. The van der Waals surface area contributed by atoms with Gasteiger partial charge in [-0.05, 0) is 62.4 Å². The third kappa shape index (κ3) is 10.00. The fraction of sp³-hybridized carbons (Fsp3) is 0.607. The summed E-state index contributed by atoms with van der Waals surface area (Å²) in [6, 6.07) is 12.0. The lowest BCUT2D eigenvalue weighted by Gasteiger charge is -2.27. The molecule has 0 amide bonds. The number of aliphatic hydroxyl groups excluding tert-OH is 5. The normalized spacial score (nSPS) is 15.6. The zero-order valence-corrected chi connectivity index (χ0v) is 22.9. The highest BCUT2D eigenvalue weighted by Gasteiger charge is 2.25. The van der Waals surface area contributed by atoms with E-state index in [0.717, 1.165) is 61.1 Å². The van der Waals surface area contributed by atoms with E-state index < -0.39 is 43.6 Å². The van der Waals surface area contributed by atoms with Crippen molar-refractivity contribution < 1.29 is 35.1 Å². The van der Waals surface area contributed by atoms with Crippen molar-refractivity contribution in [1.29, 1.82) is 0 Å². The molecule has 0 aliphatic carbocycles. The van der Waals surface area contributed by atoms with Crippen molar-refractivity contribution in [3.63, 3.8) is 0 Å². The minimum absolute atomic E-state index is 0.312. The number of rotatable bonds is 17. The number of hydrogen-bond donors (Lipinski definition) is 5. The van der Waals surface area contributed by atoms with Crippen LogP contribution in [0.25, 0.3) is 0 Å². The van der Waals surface area contributed by atoms with Crippen LogP contribution in [0.4, 0.5) is 5.69 Å². The first kappa shape index (κ1) is 31.2. The summed E-state index contributed by atoms with van der Waals surface area (Å²) < 4.78 is 5.04. The number of ether oxygens (including phenoxy) is 1. The molecule has 1 aromatic heterocycles. The van der Waals surface area contributed by atoms with Gasteiger partial charge in [-0.3, -0.25) is 0 Å². The van der Waals surface area contributed by atoms with Gasteiger partial charge in [0.1, 0.15) is 29.8 Å². The molecule has 0 saturated heterocycles. The second-order valence-corrected chi connectivity index (χ2v) is 10.8. The average molecular weight is 538 g/mol. The summed E-state index contributed by atoms with van der Waals surface area (Å²) in [5.74, 6) is -0.604.